The average Bonchev–Trinajstić information content (AvgIpc) is 3.49. The molecule has 3 aromatic rings. The Hall–Kier alpha value is -3.12. The molecule has 0 unspecified atom stereocenters. The summed E-state index contributed by atoms with van der Waals surface area (Å²) in [4.78, 5) is 22.2. The summed E-state index contributed by atoms with van der Waals surface area (Å²) in [6, 6.07) is 5.45. The quantitative estimate of drug-likeness (QED) is 0.591. The molecule has 0 amide bonds. The normalized spacial score (nSPS) is 19.1. The molecule has 1 N–H and O–H groups in total. The van der Waals surface area contributed by atoms with Crippen LogP contribution in [-0.4, -0.2) is 84.1 Å². The first kappa shape index (κ1) is 21.7. The van der Waals surface area contributed by atoms with Crippen LogP contribution < -0.4 is 19.9 Å². The number of benzene rings is 1. The lowest BCUT2D eigenvalue weighted by Crippen LogP contribution is -2.38. The van der Waals surface area contributed by atoms with Gasteiger partial charge in [0.05, 0.1) is 25.8 Å². The van der Waals surface area contributed by atoms with Crippen LogP contribution >= 0.6 is 0 Å². The van der Waals surface area contributed by atoms with E-state index in [1.54, 1.807) is 18.2 Å². The van der Waals surface area contributed by atoms with Crippen molar-refractivity contribution in [2.75, 3.05) is 63.4 Å². The molecule has 12 heteroatoms. The Morgan fingerprint density at radius 2 is 1.76 bits per heavy atom. The van der Waals surface area contributed by atoms with E-state index in [-0.39, 0.29) is 5.95 Å². The predicted molar refractivity (Wildman–Crippen MR) is 119 cm³/mol. The molecule has 0 bridgehead atoms. The number of rotatable bonds is 6. The van der Waals surface area contributed by atoms with Gasteiger partial charge < -0.3 is 24.6 Å². The predicted octanol–water partition coefficient (Wildman–Crippen LogP) is 1.79. The first-order chi connectivity index (χ1) is 16.1. The van der Waals surface area contributed by atoms with Gasteiger partial charge in [-0.1, -0.05) is 6.07 Å². The molecule has 0 radical (unpaired) electrons. The highest BCUT2D eigenvalue weighted by Gasteiger charge is 2.28. The van der Waals surface area contributed by atoms with Crippen LogP contribution in [-0.2, 0) is 4.74 Å². The fourth-order valence-corrected chi connectivity index (χ4v) is 4.28. The average molecular weight is 460 g/mol. The van der Waals surface area contributed by atoms with E-state index < -0.39 is 12.2 Å². The van der Waals surface area contributed by atoms with Gasteiger partial charge in [-0.15, -0.1) is 0 Å². The van der Waals surface area contributed by atoms with Crippen molar-refractivity contribution in [3.8, 4) is 11.7 Å². The number of nitrogens with one attached hydrogen (secondary N) is 1. The Balaban J connectivity index is 1.68. The second-order valence-electron chi connectivity index (χ2n) is 7.99. The van der Waals surface area contributed by atoms with Crippen molar-refractivity contribution in [1.29, 1.82) is 0 Å². The largest absolute Gasteiger partial charge is 0.494 e. The minimum atomic E-state index is -2.82. The van der Waals surface area contributed by atoms with E-state index in [1.165, 1.54) is 11.7 Å². The van der Waals surface area contributed by atoms with Crippen LogP contribution in [0.15, 0.2) is 18.2 Å². The van der Waals surface area contributed by atoms with Gasteiger partial charge >= 0.3 is 0 Å². The van der Waals surface area contributed by atoms with E-state index in [4.69, 9.17) is 14.5 Å². The van der Waals surface area contributed by atoms with Crippen molar-refractivity contribution < 1.29 is 18.3 Å². The summed E-state index contributed by atoms with van der Waals surface area (Å²) in [6.45, 7) is 3.82. The van der Waals surface area contributed by atoms with Gasteiger partial charge in [0, 0.05) is 32.2 Å². The SMILES string of the molecule is CN[C@H]1CCN(c2nc(N3CCOCC3)nc(-n3c(C(F)F)nc4c(OC)cccc43)n2)C1. The number of halogens is 2. The van der Waals surface area contributed by atoms with Crippen molar-refractivity contribution in [2.45, 2.75) is 18.9 Å². The molecule has 2 aliphatic rings. The fourth-order valence-electron chi connectivity index (χ4n) is 4.28. The first-order valence-electron chi connectivity index (χ1n) is 10.9. The third-order valence-electron chi connectivity index (χ3n) is 6.06. The number of likely N-dealkylation sites (N-methyl/N-ethyl adjacent to an activating group) is 1. The van der Waals surface area contributed by atoms with Gasteiger partial charge in [-0.05, 0) is 25.6 Å². The Morgan fingerprint density at radius 3 is 2.42 bits per heavy atom. The summed E-state index contributed by atoms with van der Waals surface area (Å²) < 4.78 is 40.3. The number of hydrogen-bond acceptors (Lipinski definition) is 9. The van der Waals surface area contributed by atoms with E-state index in [1.807, 2.05) is 11.9 Å². The molecule has 0 aliphatic carbocycles. The molecule has 1 aromatic carbocycles. The maximum Gasteiger partial charge on any atom is 0.296 e. The zero-order valence-electron chi connectivity index (χ0n) is 18.5. The highest BCUT2D eigenvalue weighted by Crippen LogP contribution is 2.32. The molecule has 2 saturated heterocycles. The van der Waals surface area contributed by atoms with Crippen molar-refractivity contribution in [1.82, 2.24) is 29.8 Å². The Bertz CT molecular complexity index is 1130. The number of morpholine rings is 1. The van der Waals surface area contributed by atoms with E-state index >= 15 is 0 Å². The maximum absolute atomic E-state index is 14.1. The van der Waals surface area contributed by atoms with Crippen LogP contribution in [0.1, 0.15) is 18.7 Å². The molecule has 4 heterocycles. The third-order valence-corrected chi connectivity index (χ3v) is 6.06. The topological polar surface area (TPSA) is 93.5 Å². The molecular weight excluding hydrogens is 434 g/mol. The lowest BCUT2D eigenvalue weighted by molar-refractivity contribution is 0.122. The lowest BCUT2D eigenvalue weighted by Gasteiger charge is -2.28. The summed E-state index contributed by atoms with van der Waals surface area (Å²) in [6.07, 6.45) is -1.88. The molecule has 0 saturated carbocycles. The summed E-state index contributed by atoms with van der Waals surface area (Å²) >= 11 is 0. The zero-order chi connectivity index (χ0) is 22.9. The van der Waals surface area contributed by atoms with Gasteiger partial charge in [-0.3, -0.25) is 4.57 Å². The number of anilines is 2. The van der Waals surface area contributed by atoms with Crippen molar-refractivity contribution in [2.24, 2.45) is 0 Å². The smallest absolute Gasteiger partial charge is 0.296 e. The summed E-state index contributed by atoms with van der Waals surface area (Å²) in [5.74, 6) is 0.988. The van der Waals surface area contributed by atoms with Crippen LogP contribution in [0.4, 0.5) is 20.7 Å². The minimum Gasteiger partial charge on any atom is -0.494 e. The first-order valence-corrected chi connectivity index (χ1v) is 10.9. The van der Waals surface area contributed by atoms with Gasteiger partial charge in [0.2, 0.25) is 17.8 Å². The number of fused-ring (bicyclic) bond motifs is 1. The monoisotopic (exact) mass is 460 g/mol. The Kier molecular flexibility index (Phi) is 5.94. The molecule has 2 aliphatic heterocycles. The molecule has 0 spiro atoms. The number of methoxy groups -OCH3 is 1. The molecule has 10 nitrogen and oxygen atoms in total. The van der Waals surface area contributed by atoms with Crippen molar-refractivity contribution >= 4 is 22.9 Å². The molecule has 2 aromatic heterocycles. The van der Waals surface area contributed by atoms with E-state index in [2.05, 4.69) is 25.2 Å². The Morgan fingerprint density at radius 1 is 1.03 bits per heavy atom. The molecule has 2 fully saturated rings. The summed E-state index contributed by atoms with van der Waals surface area (Å²) in [5, 5.41) is 3.28. The highest BCUT2D eigenvalue weighted by molar-refractivity contribution is 5.84. The van der Waals surface area contributed by atoms with Gasteiger partial charge in [0.1, 0.15) is 11.3 Å². The second-order valence-corrected chi connectivity index (χ2v) is 7.99. The van der Waals surface area contributed by atoms with Crippen LogP contribution in [0, 0.1) is 0 Å². The van der Waals surface area contributed by atoms with E-state index in [9.17, 15) is 8.78 Å². The molecule has 176 valence electrons. The van der Waals surface area contributed by atoms with E-state index in [0.29, 0.717) is 61.0 Å². The molecule has 33 heavy (non-hydrogen) atoms. The number of alkyl halides is 2. The number of nitrogens with zero attached hydrogens (tertiary/aromatic N) is 7. The van der Waals surface area contributed by atoms with Gasteiger partial charge in [0.25, 0.3) is 6.43 Å². The number of ether oxygens (including phenoxy) is 2. The van der Waals surface area contributed by atoms with Crippen LogP contribution in [0.2, 0.25) is 0 Å². The Labute approximate surface area is 189 Å². The van der Waals surface area contributed by atoms with Crippen LogP contribution in [0.3, 0.4) is 0 Å². The second kappa shape index (κ2) is 9.02. The number of aromatic nitrogens is 5. The molecule has 1 atom stereocenters. The van der Waals surface area contributed by atoms with Gasteiger partial charge in [-0.25, -0.2) is 13.8 Å². The number of hydrogen-bond donors (Lipinski definition) is 1. The highest BCUT2D eigenvalue weighted by atomic mass is 19.3. The molecule has 5 rings (SSSR count). The number of imidazole rings is 1. The van der Waals surface area contributed by atoms with Gasteiger partial charge in [-0.2, -0.15) is 15.0 Å². The van der Waals surface area contributed by atoms with Crippen molar-refractivity contribution in [3.63, 3.8) is 0 Å². The van der Waals surface area contributed by atoms with Crippen LogP contribution in [0.5, 0.6) is 5.75 Å². The summed E-state index contributed by atoms with van der Waals surface area (Å²) in [5.41, 5.74) is 0.783. The van der Waals surface area contributed by atoms with E-state index in [0.717, 1.165) is 19.5 Å². The van der Waals surface area contributed by atoms with Gasteiger partial charge in [0.15, 0.2) is 5.82 Å². The lowest BCUT2D eigenvalue weighted by atomic mass is 10.3. The fraction of sp³-hybridized carbons (Fsp3) is 0.524. The minimum absolute atomic E-state index is 0.112. The standard InChI is InChI=1S/C21H26F2N8O2/c1-24-13-6-7-30(12-13)20-26-19(29-8-10-33-11-9-29)27-21(28-20)31-14-4-3-5-15(32-2)16(14)25-18(31)17(22)23/h3-5,13,17,24H,6-12H2,1-2H3/t13-/m0/s1. The summed E-state index contributed by atoms with van der Waals surface area (Å²) in [7, 11) is 3.41. The third kappa shape index (κ3) is 4.04. The van der Waals surface area contributed by atoms with Crippen molar-refractivity contribution in [3.05, 3.63) is 24.0 Å². The number of para-hydroxylation sites is 1. The van der Waals surface area contributed by atoms with Crippen LogP contribution in [0.25, 0.3) is 17.0 Å². The maximum atomic E-state index is 14.1. The zero-order valence-corrected chi connectivity index (χ0v) is 18.5. The molecular formula is C21H26F2N8O2.